The highest BCUT2D eigenvalue weighted by Gasteiger charge is 2.17. The van der Waals surface area contributed by atoms with Crippen LogP contribution in [-0.2, 0) is 0 Å². The van der Waals surface area contributed by atoms with Gasteiger partial charge < -0.3 is 15.4 Å². The van der Waals surface area contributed by atoms with Crippen LogP contribution >= 0.6 is 0 Å². The van der Waals surface area contributed by atoms with E-state index in [1.807, 2.05) is 31.2 Å². The summed E-state index contributed by atoms with van der Waals surface area (Å²) in [6.07, 6.45) is 0.729. The lowest BCUT2D eigenvalue weighted by Crippen LogP contribution is -2.20. The highest BCUT2D eigenvalue weighted by molar-refractivity contribution is 5.97. The quantitative estimate of drug-likeness (QED) is 0.846. The Hall–Kier alpha value is -1.81. The van der Waals surface area contributed by atoms with Crippen LogP contribution in [0.25, 0.3) is 10.9 Å². The van der Waals surface area contributed by atoms with E-state index in [4.69, 9.17) is 5.73 Å². The van der Waals surface area contributed by atoms with Crippen molar-refractivity contribution in [2.24, 2.45) is 5.73 Å². The van der Waals surface area contributed by atoms with E-state index < -0.39 is 12.1 Å². The second-order valence-corrected chi connectivity index (χ2v) is 4.09. The molecule has 1 atom stereocenters. The van der Waals surface area contributed by atoms with E-state index in [1.54, 1.807) is 10.6 Å². The van der Waals surface area contributed by atoms with Crippen LogP contribution in [0.15, 0.2) is 30.3 Å². The molecule has 3 N–H and O–H groups in total. The Bertz CT molecular complexity index is 545. The third-order valence-electron chi connectivity index (χ3n) is 2.85. The first-order valence-electron chi connectivity index (χ1n) is 5.73. The lowest BCUT2D eigenvalue weighted by atomic mass is 10.2. The molecule has 1 amide bonds. The number of rotatable bonds is 4. The number of aliphatic hydroxyl groups is 1. The van der Waals surface area contributed by atoms with Crippen LogP contribution in [0, 0.1) is 0 Å². The van der Waals surface area contributed by atoms with Crippen LogP contribution in [0.1, 0.15) is 36.5 Å². The summed E-state index contributed by atoms with van der Waals surface area (Å²) in [4.78, 5) is 11.4. The molecule has 0 radical (unpaired) electrons. The number of hydrogen-bond acceptors (Lipinski definition) is 2. The first kappa shape index (κ1) is 11.7. The molecule has 17 heavy (non-hydrogen) atoms. The first-order valence-corrected chi connectivity index (χ1v) is 5.73. The molecule has 0 saturated carbocycles. The second kappa shape index (κ2) is 4.59. The number of aliphatic hydroxyl groups excluding tert-OH is 1. The number of amides is 1. The molecule has 0 fully saturated rings. The summed E-state index contributed by atoms with van der Waals surface area (Å²) in [5, 5.41) is 11.0. The third kappa shape index (κ3) is 2.03. The Morgan fingerprint density at radius 3 is 2.82 bits per heavy atom. The fourth-order valence-electron chi connectivity index (χ4n) is 2.07. The third-order valence-corrected chi connectivity index (χ3v) is 2.85. The molecule has 4 heteroatoms. The highest BCUT2D eigenvalue weighted by atomic mass is 16.3. The van der Waals surface area contributed by atoms with Gasteiger partial charge in [-0.15, -0.1) is 0 Å². The maximum atomic E-state index is 11.4. The lowest BCUT2D eigenvalue weighted by Gasteiger charge is -2.15. The average molecular weight is 232 g/mol. The van der Waals surface area contributed by atoms with Crippen molar-refractivity contribution in [3.05, 3.63) is 36.0 Å². The minimum absolute atomic E-state index is 0.354. The van der Waals surface area contributed by atoms with Crippen molar-refractivity contribution in [1.29, 1.82) is 0 Å². The molecular formula is C13H16N2O2. The van der Waals surface area contributed by atoms with E-state index in [2.05, 4.69) is 0 Å². The van der Waals surface area contributed by atoms with Crippen LogP contribution in [0.5, 0.6) is 0 Å². The molecule has 0 aliphatic rings. The maximum Gasteiger partial charge on any atom is 0.265 e. The van der Waals surface area contributed by atoms with Gasteiger partial charge in [-0.3, -0.25) is 4.79 Å². The van der Waals surface area contributed by atoms with Gasteiger partial charge in [0.2, 0.25) is 0 Å². The molecule has 0 aliphatic heterocycles. The molecule has 2 rings (SSSR count). The molecule has 2 aromatic rings. The Morgan fingerprint density at radius 2 is 2.18 bits per heavy atom. The topological polar surface area (TPSA) is 68.2 Å². The number of carbonyl (C=O) groups is 1. The molecule has 1 unspecified atom stereocenters. The SMILES string of the molecule is CCCC(O)n1c(C(N)=O)cc2ccccc21. The molecule has 0 saturated heterocycles. The number of para-hydroxylation sites is 1. The van der Waals surface area contributed by atoms with Crippen molar-refractivity contribution in [3.63, 3.8) is 0 Å². The normalized spacial score (nSPS) is 12.8. The average Bonchev–Trinajstić information content (AvgIpc) is 2.68. The van der Waals surface area contributed by atoms with Gasteiger partial charge in [0.25, 0.3) is 5.91 Å². The molecule has 1 heterocycles. The van der Waals surface area contributed by atoms with E-state index in [-0.39, 0.29) is 0 Å². The summed E-state index contributed by atoms with van der Waals surface area (Å²) in [5.41, 5.74) is 6.53. The largest absolute Gasteiger partial charge is 0.373 e. The Kier molecular flexibility index (Phi) is 3.15. The van der Waals surface area contributed by atoms with Crippen molar-refractivity contribution >= 4 is 16.8 Å². The van der Waals surface area contributed by atoms with Crippen molar-refractivity contribution in [3.8, 4) is 0 Å². The van der Waals surface area contributed by atoms with Crippen LogP contribution in [0.2, 0.25) is 0 Å². The zero-order valence-corrected chi connectivity index (χ0v) is 9.76. The number of carbonyl (C=O) groups excluding carboxylic acids is 1. The van der Waals surface area contributed by atoms with E-state index in [0.29, 0.717) is 12.1 Å². The van der Waals surface area contributed by atoms with Crippen LogP contribution in [-0.4, -0.2) is 15.6 Å². The van der Waals surface area contributed by atoms with Gasteiger partial charge in [-0.2, -0.15) is 0 Å². The summed E-state index contributed by atoms with van der Waals surface area (Å²) in [6.45, 7) is 1.98. The smallest absolute Gasteiger partial charge is 0.265 e. The van der Waals surface area contributed by atoms with Gasteiger partial charge >= 0.3 is 0 Å². The Balaban J connectivity index is 2.63. The van der Waals surface area contributed by atoms with Gasteiger partial charge in [0, 0.05) is 5.39 Å². The molecule has 4 nitrogen and oxygen atoms in total. The minimum Gasteiger partial charge on any atom is -0.373 e. The van der Waals surface area contributed by atoms with E-state index in [1.165, 1.54) is 0 Å². The van der Waals surface area contributed by atoms with Gasteiger partial charge in [-0.05, 0) is 18.6 Å². The fraction of sp³-hybridized carbons (Fsp3) is 0.308. The van der Waals surface area contributed by atoms with Gasteiger partial charge in [0.05, 0.1) is 5.52 Å². The summed E-state index contributed by atoms with van der Waals surface area (Å²) in [6, 6.07) is 9.26. The fourth-order valence-corrected chi connectivity index (χ4v) is 2.07. The molecular weight excluding hydrogens is 216 g/mol. The van der Waals surface area contributed by atoms with E-state index in [0.717, 1.165) is 17.3 Å². The number of primary amides is 1. The predicted octanol–water partition coefficient (Wildman–Crippen LogP) is 2.03. The molecule has 0 spiro atoms. The maximum absolute atomic E-state index is 11.4. The number of hydrogen-bond donors (Lipinski definition) is 2. The summed E-state index contributed by atoms with van der Waals surface area (Å²) in [5.74, 6) is -0.517. The summed E-state index contributed by atoms with van der Waals surface area (Å²) in [7, 11) is 0. The minimum atomic E-state index is -0.706. The molecule has 0 aliphatic carbocycles. The summed E-state index contributed by atoms with van der Waals surface area (Å²) < 4.78 is 1.61. The molecule has 1 aromatic heterocycles. The van der Waals surface area contributed by atoms with Gasteiger partial charge in [0.1, 0.15) is 11.9 Å². The van der Waals surface area contributed by atoms with Crippen molar-refractivity contribution in [2.75, 3.05) is 0 Å². The zero-order valence-electron chi connectivity index (χ0n) is 9.76. The van der Waals surface area contributed by atoms with Gasteiger partial charge in [-0.1, -0.05) is 31.5 Å². The standard InChI is InChI=1S/C13H16N2O2/c1-2-5-12(16)15-10-7-4-3-6-9(10)8-11(15)13(14)17/h3-4,6-8,12,16H,2,5H2,1H3,(H2,14,17). The number of nitrogens with zero attached hydrogens (tertiary/aromatic N) is 1. The summed E-state index contributed by atoms with van der Waals surface area (Å²) >= 11 is 0. The lowest BCUT2D eigenvalue weighted by molar-refractivity contribution is 0.0854. The first-order chi connectivity index (χ1) is 8.15. The zero-order chi connectivity index (χ0) is 12.4. The monoisotopic (exact) mass is 232 g/mol. The van der Waals surface area contributed by atoms with Crippen molar-refractivity contribution in [2.45, 2.75) is 26.0 Å². The molecule has 1 aromatic carbocycles. The van der Waals surface area contributed by atoms with E-state index in [9.17, 15) is 9.90 Å². The van der Waals surface area contributed by atoms with E-state index >= 15 is 0 Å². The van der Waals surface area contributed by atoms with Crippen molar-refractivity contribution < 1.29 is 9.90 Å². The predicted molar refractivity (Wildman–Crippen MR) is 66.6 cm³/mol. The van der Waals surface area contributed by atoms with Crippen LogP contribution in [0.3, 0.4) is 0 Å². The number of benzene rings is 1. The molecule has 90 valence electrons. The highest BCUT2D eigenvalue weighted by Crippen LogP contribution is 2.25. The number of aromatic nitrogens is 1. The van der Waals surface area contributed by atoms with Crippen LogP contribution < -0.4 is 5.73 Å². The molecule has 0 bridgehead atoms. The van der Waals surface area contributed by atoms with Crippen LogP contribution in [0.4, 0.5) is 0 Å². The van der Waals surface area contributed by atoms with Gasteiger partial charge in [0.15, 0.2) is 0 Å². The number of nitrogens with two attached hydrogens (primary N) is 1. The Labute approximate surface area is 99.7 Å². The second-order valence-electron chi connectivity index (χ2n) is 4.09. The Morgan fingerprint density at radius 1 is 1.47 bits per heavy atom. The van der Waals surface area contributed by atoms with Gasteiger partial charge in [-0.25, -0.2) is 0 Å². The number of fused-ring (bicyclic) bond motifs is 1. The van der Waals surface area contributed by atoms with Crippen molar-refractivity contribution in [1.82, 2.24) is 4.57 Å².